The molecule has 0 spiro atoms. The average Bonchev–Trinajstić information content (AvgIpc) is 3.39. The lowest BCUT2D eigenvalue weighted by Crippen LogP contribution is -2.38. The molecule has 2 aromatic heterocycles. The average molecular weight is 339 g/mol. The number of hydrogen-bond donors (Lipinski definition) is 1. The van der Waals surface area contributed by atoms with Gasteiger partial charge in [0.1, 0.15) is 5.82 Å². The van der Waals surface area contributed by atoms with Gasteiger partial charge in [-0.3, -0.25) is 0 Å². The van der Waals surface area contributed by atoms with Crippen molar-refractivity contribution >= 4 is 17.7 Å². The van der Waals surface area contributed by atoms with Crippen molar-refractivity contribution in [3.63, 3.8) is 0 Å². The van der Waals surface area contributed by atoms with E-state index in [1.807, 2.05) is 6.07 Å². The maximum Gasteiger partial charge on any atom is 0.227 e. The zero-order valence-electron chi connectivity index (χ0n) is 14.0. The van der Waals surface area contributed by atoms with Crippen LogP contribution in [-0.4, -0.2) is 58.3 Å². The minimum absolute atomic E-state index is 0.270. The minimum Gasteiger partial charge on any atom is -0.374 e. The Morgan fingerprint density at radius 2 is 1.92 bits per heavy atom. The van der Waals surface area contributed by atoms with Gasteiger partial charge in [0.15, 0.2) is 0 Å². The van der Waals surface area contributed by atoms with Gasteiger partial charge in [0.25, 0.3) is 0 Å². The number of ether oxygens (including phenoxy) is 1. The third-order valence-corrected chi connectivity index (χ3v) is 5.25. The molecule has 3 fully saturated rings. The maximum atomic E-state index is 5.73. The highest BCUT2D eigenvalue weighted by molar-refractivity contribution is 5.64. The first-order valence-electron chi connectivity index (χ1n) is 8.86. The van der Waals surface area contributed by atoms with Gasteiger partial charge in [-0.15, -0.1) is 0 Å². The van der Waals surface area contributed by atoms with Crippen LogP contribution in [0.4, 0.5) is 17.7 Å². The second-order valence-electron chi connectivity index (χ2n) is 6.93. The van der Waals surface area contributed by atoms with Gasteiger partial charge >= 0.3 is 0 Å². The summed E-state index contributed by atoms with van der Waals surface area (Å²) in [4.78, 5) is 22.5. The lowest BCUT2D eigenvalue weighted by atomic mass is 10.2. The van der Waals surface area contributed by atoms with Crippen LogP contribution in [0, 0.1) is 0 Å². The molecule has 8 nitrogen and oxygen atoms in total. The van der Waals surface area contributed by atoms with Crippen molar-refractivity contribution in [2.75, 3.05) is 41.8 Å². The second kappa shape index (κ2) is 5.80. The van der Waals surface area contributed by atoms with E-state index in [0.717, 1.165) is 55.7 Å². The molecule has 3 aliphatic rings. The monoisotopic (exact) mass is 339 g/mol. The molecule has 2 bridgehead atoms. The van der Waals surface area contributed by atoms with Gasteiger partial charge in [-0.25, -0.2) is 15.0 Å². The van der Waals surface area contributed by atoms with Gasteiger partial charge in [-0.2, -0.15) is 4.98 Å². The molecule has 0 unspecified atom stereocenters. The van der Waals surface area contributed by atoms with E-state index < -0.39 is 0 Å². The number of morpholine rings is 1. The molecule has 130 valence electrons. The standard InChI is InChI=1S/C17H21N7O/c18-16-19-7-11(8-20-16)14-6-15(24-9-13-5-12(24)10-25-13)22-17(21-14)23-3-1-2-4-23/h6-8,12-13H,1-5,9-10H2,(H2,18,19,20)/t12-,13-/m0/s1. The lowest BCUT2D eigenvalue weighted by Gasteiger charge is -2.29. The van der Waals surface area contributed by atoms with Crippen molar-refractivity contribution in [2.45, 2.75) is 31.4 Å². The van der Waals surface area contributed by atoms with Crippen LogP contribution in [0.3, 0.4) is 0 Å². The van der Waals surface area contributed by atoms with Crippen molar-refractivity contribution in [3.05, 3.63) is 18.5 Å². The molecule has 0 radical (unpaired) electrons. The highest BCUT2D eigenvalue weighted by Crippen LogP contribution is 2.34. The van der Waals surface area contributed by atoms with Crippen LogP contribution in [0.15, 0.2) is 18.5 Å². The van der Waals surface area contributed by atoms with Gasteiger partial charge in [0.2, 0.25) is 11.9 Å². The largest absolute Gasteiger partial charge is 0.374 e. The molecular weight excluding hydrogens is 318 g/mol. The minimum atomic E-state index is 0.270. The SMILES string of the molecule is Nc1ncc(-c2cc(N3C[C@@H]4C[C@H]3CO4)nc(N3CCCC3)n2)cn1. The van der Waals surface area contributed by atoms with Crippen LogP contribution < -0.4 is 15.5 Å². The fourth-order valence-electron chi connectivity index (χ4n) is 3.93. The molecule has 5 rings (SSSR count). The van der Waals surface area contributed by atoms with Crippen LogP contribution in [-0.2, 0) is 4.74 Å². The topological polar surface area (TPSA) is 93.3 Å². The number of fused-ring (bicyclic) bond motifs is 2. The first-order valence-corrected chi connectivity index (χ1v) is 8.86. The van der Waals surface area contributed by atoms with E-state index in [4.69, 9.17) is 20.4 Å². The number of anilines is 3. The zero-order chi connectivity index (χ0) is 16.8. The van der Waals surface area contributed by atoms with Gasteiger partial charge in [0, 0.05) is 43.7 Å². The Balaban J connectivity index is 1.56. The summed E-state index contributed by atoms with van der Waals surface area (Å²) in [5.41, 5.74) is 7.32. The molecule has 0 saturated carbocycles. The molecule has 0 amide bonds. The number of rotatable bonds is 3. The Kier molecular flexibility index (Phi) is 3.44. The maximum absolute atomic E-state index is 5.73. The predicted molar refractivity (Wildman–Crippen MR) is 94.4 cm³/mol. The van der Waals surface area contributed by atoms with Crippen molar-refractivity contribution in [1.82, 2.24) is 19.9 Å². The summed E-state index contributed by atoms with van der Waals surface area (Å²) in [6.07, 6.45) is 7.25. The van der Waals surface area contributed by atoms with E-state index in [1.54, 1.807) is 12.4 Å². The molecule has 2 atom stereocenters. The van der Waals surface area contributed by atoms with Gasteiger partial charge in [0.05, 0.1) is 24.4 Å². The summed E-state index contributed by atoms with van der Waals surface area (Å²) >= 11 is 0. The molecule has 0 aliphatic carbocycles. The Hall–Kier alpha value is -2.48. The highest BCUT2D eigenvalue weighted by Gasteiger charge is 2.40. The van der Waals surface area contributed by atoms with Crippen LogP contribution in [0.1, 0.15) is 19.3 Å². The summed E-state index contributed by atoms with van der Waals surface area (Å²) in [5.74, 6) is 2.04. The summed E-state index contributed by atoms with van der Waals surface area (Å²) in [6.45, 7) is 3.71. The predicted octanol–water partition coefficient (Wildman–Crippen LogP) is 1.09. The van der Waals surface area contributed by atoms with Crippen molar-refractivity contribution < 1.29 is 4.74 Å². The van der Waals surface area contributed by atoms with E-state index >= 15 is 0 Å². The molecule has 3 saturated heterocycles. The summed E-state index contributed by atoms with van der Waals surface area (Å²) < 4.78 is 5.73. The molecule has 3 aliphatic heterocycles. The third-order valence-electron chi connectivity index (χ3n) is 5.25. The molecule has 2 N–H and O–H groups in total. The normalized spacial score (nSPS) is 25.1. The second-order valence-corrected chi connectivity index (χ2v) is 6.93. The van der Waals surface area contributed by atoms with Gasteiger partial charge in [-0.1, -0.05) is 0 Å². The number of nitrogens with zero attached hydrogens (tertiary/aromatic N) is 6. The number of aromatic nitrogens is 4. The van der Waals surface area contributed by atoms with E-state index in [1.165, 1.54) is 12.8 Å². The first kappa shape index (κ1) is 14.8. The van der Waals surface area contributed by atoms with Gasteiger partial charge < -0.3 is 20.3 Å². The summed E-state index contributed by atoms with van der Waals surface area (Å²) in [6, 6.07) is 2.46. The summed E-state index contributed by atoms with van der Waals surface area (Å²) in [7, 11) is 0. The van der Waals surface area contributed by atoms with E-state index in [9.17, 15) is 0 Å². The fraction of sp³-hybridized carbons (Fsp3) is 0.529. The fourth-order valence-corrected chi connectivity index (χ4v) is 3.93. The quantitative estimate of drug-likeness (QED) is 0.888. The van der Waals surface area contributed by atoms with Crippen molar-refractivity contribution in [1.29, 1.82) is 0 Å². The highest BCUT2D eigenvalue weighted by atomic mass is 16.5. The molecule has 25 heavy (non-hydrogen) atoms. The Labute approximate surface area is 146 Å². The van der Waals surface area contributed by atoms with E-state index in [-0.39, 0.29) is 5.95 Å². The lowest BCUT2D eigenvalue weighted by molar-refractivity contribution is 0.0989. The van der Waals surface area contributed by atoms with Crippen LogP contribution in [0.25, 0.3) is 11.3 Å². The summed E-state index contributed by atoms with van der Waals surface area (Å²) in [5, 5.41) is 0. The van der Waals surface area contributed by atoms with Gasteiger partial charge in [-0.05, 0) is 19.3 Å². The van der Waals surface area contributed by atoms with Crippen LogP contribution in [0.5, 0.6) is 0 Å². The number of nitrogen functional groups attached to an aromatic ring is 1. The Morgan fingerprint density at radius 3 is 2.60 bits per heavy atom. The molecule has 2 aromatic rings. The number of nitrogens with two attached hydrogens (primary N) is 1. The van der Waals surface area contributed by atoms with Crippen molar-refractivity contribution in [3.8, 4) is 11.3 Å². The van der Waals surface area contributed by atoms with E-state index in [2.05, 4.69) is 19.8 Å². The smallest absolute Gasteiger partial charge is 0.227 e. The molecule has 8 heteroatoms. The Morgan fingerprint density at radius 1 is 1.12 bits per heavy atom. The third kappa shape index (κ3) is 2.66. The molecule has 0 aromatic carbocycles. The zero-order valence-corrected chi connectivity index (χ0v) is 14.0. The van der Waals surface area contributed by atoms with Crippen molar-refractivity contribution in [2.24, 2.45) is 0 Å². The molecular formula is C17H21N7O. The Bertz CT molecular complexity index is 775. The molecule has 5 heterocycles. The number of hydrogen-bond acceptors (Lipinski definition) is 8. The van der Waals surface area contributed by atoms with E-state index in [0.29, 0.717) is 12.1 Å². The van der Waals surface area contributed by atoms with Crippen LogP contribution in [0.2, 0.25) is 0 Å². The van der Waals surface area contributed by atoms with Crippen LogP contribution >= 0.6 is 0 Å². The first-order chi connectivity index (χ1) is 12.3.